The molecule has 0 fully saturated rings. The van der Waals surface area contributed by atoms with Crippen molar-refractivity contribution >= 4 is 11.9 Å². The van der Waals surface area contributed by atoms with Gasteiger partial charge in [-0.25, -0.2) is 4.99 Å². The molecule has 2 rings (SSSR count). The first-order valence-corrected chi connectivity index (χ1v) is 8.58. The quantitative estimate of drug-likeness (QED) is 0.572. The fourth-order valence-corrected chi connectivity index (χ4v) is 2.47. The smallest absolute Gasteiger partial charge is 0.244 e. The summed E-state index contributed by atoms with van der Waals surface area (Å²) in [4.78, 5) is 18.2. The fourth-order valence-electron chi connectivity index (χ4n) is 2.47. The van der Waals surface area contributed by atoms with Gasteiger partial charge in [0.25, 0.3) is 0 Å². The number of carbonyl (C=O) groups excluding carboxylic acids is 1. The van der Waals surface area contributed by atoms with Gasteiger partial charge in [-0.05, 0) is 24.5 Å². The first kappa shape index (κ1) is 18.5. The highest BCUT2D eigenvalue weighted by atomic mass is 16.2. The molecule has 1 amide bonds. The molecule has 3 N–H and O–H groups in total. The third-order valence-electron chi connectivity index (χ3n) is 3.90. The van der Waals surface area contributed by atoms with Crippen LogP contribution in [0.2, 0.25) is 0 Å². The minimum absolute atomic E-state index is 0.0286. The molecule has 132 valence electrons. The topological polar surface area (TPSA) is 70.7 Å². The van der Waals surface area contributed by atoms with E-state index in [2.05, 4.69) is 22.4 Å². The first-order chi connectivity index (χ1) is 12.2. The number of nitrogens with two attached hydrogens (primary N) is 1. The van der Waals surface area contributed by atoms with E-state index in [1.165, 1.54) is 5.56 Å². The highest BCUT2D eigenvalue weighted by molar-refractivity contribution is 5.84. The van der Waals surface area contributed by atoms with E-state index in [-0.39, 0.29) is 12.5 Å². The lowest BCUT2D eigenvalue weighted by Gasteiger charge is -2.20. The number of nitrogens with zero attached hydrogens (tertiary/aromatic N) is 2. The van der Waals surface area contributed by atoms with Crippen LogP contribution in [-0.4, -0.2) is 36.4 Å². The summed E-state index contributed by atoms with van der Waals surface area (Å²) in [5.41, 5.74) is 8.19. The van der Waals surface area contributed by atoms with Crippen LogP contribution in [0.15, 0.2) is 65.7 Å². The van der Waals surface area contributed by atoms with Crippen LogP contribution in [0.25, 0.3) is 0 Å². The lowest BCUT2D eigenvalue weighted by Crippen LogP contribution is -2.36. The Morgan fingerprint density at radius 2 is 1.64 bits per heavy atom. The standard InChI is InChI=1S/C20H26N4O/c1-2-24(16-18-11-7-4-8-12-18)19(25)15-23-20(21)22-14-13-17-9-5-3-6-10-17/h3-12H,2,13-16H2,1H3,(H3,21,22,23). The number of benzene rings is 2. The van der Waals surface area contributed by atoms with Crippen molar-refractivity contribution in [2.24, 2.45) is 10.7 Å². The summed E-state index contributed by atoms with van der Waals surface area (Å²) in [6.45, 7) is 3.95. The molecule has 0 aliphatic rings. The lowest BCUT2D eigenvalue weighted by molar-refractivity contribution is -0.130. The van der Waals surface area contributed by atoms with Crippen LogP contribution in [0.4, 0.5) is 0 Å². The summed E-state index contributed by atoms with van der Waals surface area (Å²) in [7, 11) is 0. The van der Waals surface area contributed by atoms with Crippen LogP contribution in [0.3, 0.4) is 0 Å². The van der Waals surface area contributed by atoms with E-state index in [0.717, 1.165) is 12.0 Å². The van der Waals surface area contributed by atoms with Gasteiger partial charge in [0, 0.05) is 19.6 Å². The number of hydrogen-bond donors (Lipinski definition) is 2. The van der Waals surface area contributed by atoms with Crippen molar-refractivity contribution in [2.75, 3.05) is 19.6 Å². The van der Waals surface area contributed by atoms with Gasteiger partial charge in [0.2, 0.25) is 5.91 Å². The molecule has 0 radical (unpaired) electrons. The fraction of sp³-hybridized carbons (Fsp3) is 0.300. The molecule has 25 heavy (non-hydrogen) atoms. The number of likely N-dealkylation sites (N-methyl/N-ethyl adjacent to an activating group) is 1. The molecule has 0 spiro atoms. The molecule has 0 aromatic heterocycles. The minimum Gasteiger partial charge on any atom is -0.370 e. The predicted octanol–water partition coefficient (Wildman–Crippen LogP) is 2.18. The Morgan fingerprint density at radius 3 is 2.24 bits per heavy atom. The molecule has 0 unspecified atom stereocenters. The largest absolute Gasteiger partial charge is 0.370 e. The molecule has 2 aromatic rings. The number of guanidine groups is 1. The van der Waals surface area contributed by atoms with E-state index in [1.807, 2.05) is 55.5 Å². The van der Waals surface area contributed by atoms with Crippen LogP contribution < -0.4 is 11.1 Å². The Bertz CT molecular complexity index is 671. The van der Waals surface area contributed by atoms with Gasteiger partial charge >= 0.3 is 0 Å². The molecular formula is C20H26N4O. The highest BCUT2D eigenvalue weighted by Gasteiger charge is 2.11. The SMILES string of the molecule is CCN(Cc1ccccc1)C(=O)CN=C(N)NCCc1ccccc1. The summed E-state index contributed by atoms with van der Waals surface area (Å²) in [6, 6.07) is 20.1. The van der Waals surface area contributed by atoms with E-state index >= 15 is 0 Å². The van der Waals surface area contributed by atoms with Gasteiger partial charge in [-0.3, -0.25) is 4.79 Å². The third-order valence-corrected chi connectivity index (χ3v) is 3.90. The van der Waals surface area contributed by atoms with Crippen molar-refractivity contribution < 1.29 is 4.79 Å². The van der Waals surface area contributed by atoms with E-state index in [0.29, 0.717) is 25.6 Å². The molecule has 5 heteroatoms. The molecular weight excluding hydrogens is 312 g/mol. The van der Waals surface area contributed by atoms with E-state index < -0.39 is 0 Å². The van der Waals surface area contributed by atoms with Crippen LogP contribution in [0, 0.1) is 0 Å². The Morgan fingerprint density at radius 1 is 1.04 bits per heavy atom. The zero-order valence-corrected chi connectivity index (χ0v) is 14.7. The molecule has 0 heterocycles. The van der Waals surface area contributed by atoms with Gasteiger partial charge in [-0.1, -0.05) is 60.7 Å². The number of hydrogen-bond acceptors (Lipinski definition) is 2. The maximum Gasteiger partial charge on any atom is 0.244 e. The maximum absolute atomic E-state index is 12.3. The van der Waals surface area contributed by atoms with Crippen molar-refractivity contribution in [3.8, 4) is 0 Å². The summed E-state index contributed by atoms with van der Waals surface area (Å²) in [5.74, 6) is 0.277. The van der Waals surface area contributed by atoms with Gasteiger partial charge in [0.05, 0.1) is 0 Å². The number of carbonyl (C=O) groups is 1. The molecule has 0 aliphatic heterocycles. The average molecular weight is 338 g/mol. The van der Waals surface area contributed by atoms with E-state index in [9.17, 15) is 4.79 Å². The van der Waals surface area contributed by atoms with Crippen molar-refractivity contribution in [1.29, 1.82) is 0 Å². The second-order valence-corrected chi connectivity index (χ2v) is 5.76. The molecule has 0 saturated carbocycles. The Balaban J connectivity index is 1.77. The highest BCUT2D eigenvalue weighted by Crippen LogP contribution is 2.04. The summed E-state index contributed by atoms with van der Waals surface area (Å²) >= 11 is 0. The molecule has 2 aromatic carbocycles. The normalized spacial score (nSPS) is 11.2. The Labute approximate surface area is 149 Å². The summed E-state index contributed by atoms with van der Waals surface area (Å²) < 4.78 is 0. The van der Waals surface area contributed by atoms with Gasteiger partial charge in [-0.15, -0.1) is 0 Å². The number of aliphatic imine (C=N–C) groups is 1. The van der Waals surface area contributed by atoms with Crippen molar-refractivity contribution in [2.45, 2.75) is 19.9 Å². The minimum atomic E-state index is -0.0286. The van der Waals surface area contributed by atoms with Gasteiger partial charge in [0.15, 0.2) is 5.96 Å². The molecule has 0 atom stereocenters. The monoisotopic (exact) mass is 338 g/mol. The molecule has 0 bridgehead atoms. The average Bonchev–Trinajstić information content (AvgIpc) is 2.66. The zero-order valence-electron chi connectivity index (χ0n) is 14.7. The zero-order chi connectivity index (χ0) is 17.9. The van der Waals surface area contributed by atoms with Crippen LogP contribution in [-0.2, 0) is 17.8 Å². The number of nitrogens with one attached hydrogen (secondary N) is 1. The van der Waals surface area contributed by atoms with Gasteiger partial charge < -0.3 is 16.0 Å². The molecule has 5 nitrogen and oxygen atoms in total. The summed E-state index contributed by atoms with van der Waals surface area (Å²) in [6.07, 6.45) is 0.861. The Kier molecular flexibility index (Phi) is 7.50. The number of rotatable bonds is 8. The number of amides is 1. The van der Waals surface area contributed by atoms with Crippen molar-refractivity contribution in [3.63, 3.8) is 0 Å². The van der Waals surface area contributed by atoms with Gasteiger partial charge in [0.1, 0.15) is 6.54 Å². The van der Waals surface area contributed by atoms with E-state index in [1.54, 1.807) is 4.90 Å². The van der Waals surface area contributed by atoms with Crippen molar-refractivity contribution in [1.82, 2.24) is 10.2 Å². The van der Waals surface area contributed by atoms with Crippen LogP contribution in [0.1, 0.15) is 18.1 Å². The van der Waals surface area contributed by atoms with Crippen LogP contribution >= 0.6 is 0 Å². The Hall–Kier alpha value is -2.82. The van der Waals surface area contributed by atoms with Crippen molar-refractivity contribution in [3.05, 3.63) is 71.8 Å². The molecule has 0 aliphatic carbocycles. The lowest BCUT2D eigenvalue weighted by atomic mass is 10.1. The predicted molar refractivity (Wildman–Crippen MR) is 102 cm³/mol. The molecule has 0 saturated heterocycles. The maximum atomic E-state index is 12.3. The van der Waals surface area contributed by atoms with Crippen LogP contribution in [0.5, 0.6) is 0 Å². The second kappa shape index (κ2) is 10.1. The second-order valence-electron chi connectivity index (χ2n) is 5.76. The third kappa shape index (κ3) is 6.67. The summed E-state index contributed by atoms with van der Waals surface area (Å²) in [5, 5.41) is 3.05. The van der Waals surface area contributed by atoms with E-state index in [4.69, 9.17) is 5.73 Å². The first-order valence-electron chi connectivity index (χ1n) is 8.58. The van der Waals surface area contributed by atoms with Gasteiger partial charge in [-0.2, -0.15) is 0 Å².